The first kappa shape index (κ1) is 17.5. The van der Waals surface area contributed by atoms with Crippen LogP contribution in [0, 0.1) is 6.92 Å². The summed E-state index contributed by atoms with van der Waals surface area (Å²) in [5.41, 5.74) is 2.70. The Balaban J connectivity index is 1.35. The number of piperidine rings is 1. The van der Waals surface area contributed by atoms with Crippen molar-refractivity contribution in [2.45, 2.75) is 44.4 Å². The molecule has 138 valence electrons. The molecule has 2 aliphatic rings. The summed E-state index contributed by atoms with van der Waals surface area (Å²) in [6.07, 6.45) is 5.23. The molecule has 0 aliphatic carbocycles. The van der Waals surface area contributed by atoms with Crippen molar-refractivity contribution in [3.05, 3.63) is 59.8 Å². The van der Waals surface area contributed by atoms with Crippen LogP contribution in [0.25, 0.3) is 0 Å². The van der Waals surface area contributed by atoms with E-state index in [0.717, 1.165) is 51.3 Å². The molecule has 1 atom stereocenters. The highest BCUT2D eigenvalue weighted by Crippen LogP contribution is 2.38. The van der Waals surface area contributed by atoms with E-state index in [-0.39, 0.29) is 5.60 Å². The summed E-state index contributed by atoms with van der Waals surface area (Å²) in [7, 11) is 2.23. The molecule has 1 aromatic carbocycles. The number of hydrogen-bond donors (Lipinski definition) is 0. The van der Waals surface area contributed by atoms with Gasteiger partial charge in [0.15, 0.2) is 0 Å². The average molecular weight is 351 g/mol. The van der Waals surface area contributed by atoms with E-state index in [2.05, 4.69) is 65.2 Å². The largest absolute Gasteiger partial charge is 0.373 e. The van der Waals surface area contributed by atoms with Gasteiger partial charge < -0.3 is 9.64 Å². The van der Waals surface area contributed by atoms with Gasteiger partial charge in [-0.05, 0) is 50.4 Å². The van der Waals surface area contributed by atoms with Crippen LogP contribution in [0.4, 0.5) is 5.82 Å². The number of ether oxygens (including phenoxy) is 1. The molecular formula is C22H29N3O. The van der Waals surface area contributed by atoms with Gasteiger partial charge >= 0.3 is 0 Å². The Bertz CT molecular complexity index is 725. The summed E-state index contributed by atoms with van der Waals surface area (Å²) < 4.78 is 6.38. The van der Waals surface area contributed by atoms with Crippen molar-refractivity contribution in [2.75, 3.05) is 31.6 Å². The van der Waals surface area contributed by atoms with Gasteiger partial charge in [-0.3, -0.25) is 4.90 Å². The Morgan fingerprint density at radius 3 is 2.65 bits per heavy atom. The number of anilines is 1. The predicted octanol–water partition coefficient (Wildman–Crippen LogP) is 3.65. The maximum atomic E-state index is 6.38. The molecule has 1 spiro atoms. The first-order valence-electron chi connectivity index (χ1n) is 9.70. The first-order valence-corrected chi connectivity index (χ1v) is 9.70. The minimum absolute atomic E-state index is 0.0643. The lowest BCUT2D eigenvalue weighted by Crippen LogP contribution is -2.45. The molecule has 2 saturated heterocycles. The van der Waals surface area contributed by atoms with Gasteiger partial charge in [-0.25, -0.2) is 4.98 Å². The van der Waals surface area contributed by atoms with Gasteiger partial charge in [-0.15, -0.1) is 0 Å². The van der Waals surface area contributed by atoms with Crippen molar-refractivity contribution in [3.8, 4) is 0 Å². The summed E-state index contributed by atoms with van der Waals surface area (Å²) in [5, 5.41) is 0. The smallest absolute Gasteiger partial charge is 0.131 e. The molecule has 3 heterocycles. The van der Waals surface area contributed by atoms with Crippen LogP contribution in [0.15, 0.2) is 48.7 Å². The standard InChI is InChI=1S/C22H29N3O/c1-18-7-6-12-23-21(18)25-13-10-22(11-14-25)15-20(17-26-22)24(2)16-19-8-4-3-5-9-19/h3-9,12,20H,10-11,13-17H2,1-2H3/t20-/m1/s1. The van der Waals surface area contributed by atoms with Gasteiger partial charge in [0.25, 0.3) is 0 Å². The van der Waals surface area contributed by atoms with Crippen LogP contribution in [-0.4, -0.2) is 48.3 Å². The Morgan fingerprint density at radius 1 is 1.15 bits per heavy atom. The lowest BCUT2D eigenvalue weighted by Gasteiger charge is -2.40. The summed E-state index contributed by atoms with van der Waals surface area (Å²) in [5.74, 6) is 1.14. The molecule has 26 heavy (non-hydrogen) atoms. The van der Waals surface area contributed by atoms with Crippen LogP contribution in [0.3, 0.4) is 0 Å². The van der Waals surface area contributed by atoms with Crippen molar-refractivity contribution in [1.29, 1.82) is 0 Å². The molecule has 4 nitrogen and oxygen atoms in total. The van der Waals surface area contributed by atoms with Crippen molar-refractivity contribution in [1.82, 2.24) is 9.88 Å². The molecule has 0 N–H and O–H groups in total. The van der Waals surface area contributed by atoms with Crippen molar-refractivity contribution < 1.29 is 4.74 Å². The minimum Gasteiger partial charge on any atom is -0.373 e. The summed E-state index contributed by atoms with van der Waals surface area (Å²) in [6, 6.07) is 15.4. The zero-order valence-corrected chi connectivity index (χ0v) is 15.9. The lowest BCUT2D eigenvalue weighted by atomic mass is 9.87. The fraction of sp³-hybridized carbons (Fsp3) is 0.500. The summed E-state index contributed by atoms with van der Waals surface area (Å²) in [4.78, 5) is 9.46. The van der Waals surface area contributed by atoms with Gasteiger partial charge in [-0.2, -0.15) is 0 Å². The summed E-state index contributed by atoms with van der Waals surface area (Å²) >= 11 is 0. The molecule has 0 saturated carbocycles. The quantitative estimate of drug-likeness (QED) is 0.841. The molecule has 2 aliphatic heterocycles. The normalized spacial score (nSPS) is 22.3. The van der Waals surface area contributed by atoms with E-state index in [1.165, 1.54) is 11.1 Å². The molecule has 4 rings (SSSR count). The maximum Gasteiger partial charge on any atom is 0.131 e. The van der Waals surface area contributed by atoms with Gasteiger partial charge in [0.2, 0.25) is 0 Å². The van der Waals surface area contributed by atoms with Crippen molar-refractivity contribution >= 4 is 5.82 Å². The van der Waals surface area contributed by atoms with Crippen molar-refractivity contribution in [3.63, 3.8) is 0 Å². The number of likely N-dealkylation sites (N-methyl/N-ethyl adjacent to an activating group) is 1. The molecule has 0 radical (unpaired) electrons. The third-order valence-corrected chi connectivity index (χ3v) is 6.04. The molecule has 4 heteroatoms. The minimum atomic E-state index is 0.0643. The average Bonchev–Trinajstić information content (AvgIpc) is 3.08. The van der Waals surface area contributed by atoms with Crippen LogP contribution in [0.5, 0.6) is 0 Å². The monoisotopic (exact) mass is 351 g/mol. The Morgan fingerprint density at radius 2 is 1.92 bits per heavy atom. The van der Waals surface area contributed by atoms with E-state index in [9.17, 15) is 0 Å². The number of pyridine rings is 1. The van der Waals surface area contributed by atoms with Gasteiger partial charge in [-0.1, -0.05) is 36.4 Å². The van der Waals surface area contributed by atoms with E-state index in [0.29, 0.717) is 6.04 Å². The van der Waals surface area contributed by atoms with Crippen LogP contribution >= 0.6 is 0 Å². The highest BCUT2D eigenvalue weighted by molar-refractivity contribution is 5.46. The zero-order chi connectivity index (χ0) is 18.0. The molecule has 0 unspecified atom stereocenters. The van der Waals surface area contributed by atoms with Crippen molar-refractivity contribution in [2.24, 2.45) is 0 Å². The number of rotatable bonds is 4. The number of benzene rings is 1. The van der Waals surface area contributed by atoms with E-state index in [4.69, 9.17) is 4.74 Å². The number of nitrogens with zero attached hydrogens (tertiary/aromatic N) is 3. The fourth-order valence-electron chi connectivity index (χ4n) is 4.39. The molecule has 1 aromatic heterocycles. The molecule has 0 bridgehead atoms. The second-order valence-corrected chi connectivity index (χ2v) is 7.88. The molecular weight excluding hydrogens is 322 g/mol. The van der Waals surface area contributed by atoms with Gasteiger partial charge in [0.05, 0.1) is 12.2 Å². The van der Waals surface area contributed by atoms with Gasteiger partial charge in [0, 0.05) is 31.9 Å². The second-order valence-electron chi connectivity index (χ2n) is 7.88. The lowest BCUT2D eigenvalue weighted by molar-refractivity contribution is -0.0158. The fourth-order valence-corrected chi connectivity index (χ4v) is 4.39. The topological polar surface area (TPSA) is 28.6 Å². The third kappa shape index (κ3) is 3.62. The number of hydrogen-bond acceptors (Lipinski definition) is 4. The zero-order valence-electron chi connectivity index (χ0n) is 15.9. The Kier molecular flexibility index (Phi) is 4.96. The number of aromatic nitrogens is 1. The molecule has 2 aromatic rings. The highest BCUT2D eigenvalue weighted by Gasteiger charge is 2.44. The molecule has 0 amide bonds. The van der Waals surface area contributed by atoms with E-state index >= 15 is 0 Å². The maximum absolute atomic E-state index is 6.38. The first-order chi connectivity index (χ1) is 12.7. The van der Waals surface area contributed by atoms with E-state index < -0.39 is 0 Å². The third-order valence-electron chi connectivity index (χ3n) is 6.04. The van der Waals surface area contributed by atoms with E-state index in [1.54, 1.807) is 0 Å². The SMILES string of the molecule is Cc1cccnc1N1CCC2(CC1)C[C@@H](N(C)Cc1ccccc1)CO2. The number of aryl methyl sites for hydroxylation is 1. The van der Waals surface area contributed by atoms with Crippen LogP contribution in [0.2, 0.25) is 0 Å². The van der Waals surface area contributed by atoms with Crippen LogP contribution in [-0.2, 0) is 11.3 Å². The Hall–Kier alpha value is -1.91. The molecule has 2 fully saturated rings. The highest BCUT2D eigenvalue weighted by atomic mass is 16.5. The van der Waals surface area contributed by atoms with Gasteiger partial charge in [0.1, 0.15) is 5.82 Å². The van der Waals surface area contributed by atoms with Crippen LogP contribution in [0.1, 0.15) is 30.4 Å². The van der Waals surface area contributed by atoms with Crippen LogP contribution < -0.4 is 4.90 Å². The second kappa shape index (κ2) is 7.37. The van der Waals surface area contributed by atoms with E-state index in [1.807, 2.05) is 12.3 Å². The predicted molar refractivity (Wildman–Crippen MR) is 105 cm³/mol. The Labute approximate surface area is 156 Å². The summed E-state index contributed by atoms with van der Waals surface area (Å²) in [6.45, 7) is 6.06.